The third-order valence-corrected chi connectivity index (χ3v) is 4.04. The summed E-state index contributed by atoms with van der Waals surface area (Å²) in [5.74, 6) is -0.789. The third-order valence-electron chi connectivity index (χ3n) is 4.04. The van der Waals surface area contributed by atoms with Crippen LogP contribution in [0.5, 0.6) is 0 Å². The highest BCUT2D eigenvalue weighted by molar-refractivity contribution is 5.77. The molecule has 114 valence electrons. The van der Waals surface area contributed by atoms with E-state index in [9.17, 15) is 9.59 Å². The number of esters is 1. The fraction of sp³-hybridized carbons (Fsp3) is 0.857. The van der Waals surface area contributed by atoms with Crippen LogP contribution in [-0.2, 0) is 14.3 Å². The zero-order valence-electron chi connectivity index (χ0n) is 12.6. The first-order chi connectivity index (χ1) is 9.24. The molecule has 0 aromatic carbocycles. The molecule has 2 aliphatic rings. The molecular formula is C14H24N2O4. The van der Waals surface area contributed by atoms with E-state index in [0.717, 1.165) is 12.8 Å². The number of nitrogens with zero attached hydrogens (tertiary/aromatic N) is 1. The van der Waals surface area contributed by atoms with Crippen LogP contribution in [0.2, 0.25) is 0 Å². The lowest BCUT2D eigenvalue weighted by Gasteiger charge is -2.42. The van der Waals surface area contributed by atoms with Crippen LogP contribution in [0.15, 0.2) is 0 Å². The molecule has 4 atom stereocenters. The number of ether oxygens (including phenoxy) is 2. The summed E-state index contributed by atoms with van der Waals surface area (Å²) in [6, 6.07) is -0.379. The Morgan fingerprint density at radius 2 is 1.90 bits per heavy atom. The van der Waals surface area contributed by atoms with E-state index in [1.54, 1.807) is 4.90 Å². The maximum Gasteiger partial charge on any atom is 0.410 e. The summed E-state index contributed by atoms with van der Waals surface area (Å²) >= 11 is 0. The van der Waals surface area contributed by atoms with Gasteiger partial charge in [-0.25, -0.2) is 4.79 Å². The molecule has 2 rings (SSSR count). The number of rotatable bonds is 1. The molecule has 0 aromatic heterocycles. The van der Waals surface area contributed by atoms with Crippen LogP contribution in [0.1, 0.15) is 40.0 Å². The Bertz CT molecular complexity index is 404. The first-order valence-electron chi connectivity index (χ1n) is 7.09. The number of hydrogen-bond acceptors (Lipinski definition) is 5. The second kappa shape index (κ2) is 5.24. The summed E-state index contributed by atoms with van der Waals surface area (Å²) in [5.41, 5.74) is 5.54. The summed E-state index contributed by atoms with van der Waals surface area (Å²) in [6.45, 7) is 5.50. The van der Waals surface area contributed by atoms with Gasteiger partial charge < -0.3 is 20.1 Å². The number of fused-ring (bicyclic) bond motifs is 2. The molecule has 20 heavy (non-hydrogen) atoms. The fourth-order valence-corrected chi connectivity index (χ4v) is 3.31. The molecule has 4 unspecified atom stereocenters. The Labute approximate surface area is 119 Å². The monoisotopic (exact) mass is 284 g/mol. The molecule has 2 heterocycles. The van der Waals surface area contributed by atoms with Gasteiger partial charge >= 0.3 is 12.1 Å². The zero-order valence-corrected chi connectivity index (χ0v) is 12.6. The zero-order chi connectivity index (χ0) is 15.1. The summed E-state index contributed by atoms with van der Waals surface area (Å²) in [4.78, 5) is 26.0. The number of carbonyl (C=O) groups is 2. The number of amides is 1. The normalized spacial score (nSPS) is 33.0. The quantitative estimate of drug-likeness (QED) is 0.733. The minimum atomic E-state index is -0.545. The van der Waals surface area contributed by atoms with E-state index in [4.69, 9.17) is 15.2 Å². The largest absolute Gasteiger partial charge is 0.469 e. The number of carbonyl (C=O) groups excluding carboxylic acids is 2. The maximum atomic E-state index is 12.3. The first-order valence-corrected chi connectivity index (χ1v) is 7.09. The van der Waals surface area contributed by atoms with E-state index in [1.807, 2.05) is 20.8 Å². The van der Waals surface area contributed by atoms with E-state index < -0.39 is 11.5 Å². The van der Waals surface area contributed by atoms with E-state index in [1.165, 1.54) is 7.11 Å². The van der Waals surface area contributed by atoms with Gasteiger partial charge in [0.15, 0.2) is 0 Å². The fourth-order valence-electron chi connectivity index (χ4n) is 3.31. The average Bonchev–Trinajstić information content (AvgIpc) is 2.63. The average molecular weight is 284 g/mol. The summed E-state index contributed by atoms with van der Waals surface area (Å²) in [6.07, 6.45) is 1.91. The molecular weight excluding hydrogens is 260 g/mol. The van der Waals surface area contributed by atoms with Crippen LogP contribution in [0, 0.1) is 5.92 Å². The Balaban J connectivity index is 2.19. The molecule has 0 aromatic rings. The van der Waals surface area contributed by atoms with Gasteiger partial charge in [0, 0.05) is 12.1 Å². The Morgan fingerprint density at radius 3 is 2.45 bits per heavy atom. The molecule has 6 nitrogen and oxygen atoms in total. The molecule has 2 fully saturated rings. The second-order valence-corrected chi connectivity index (χ2v) is 6.63. The van der Waals surface area contributed by atoms with Crippen molar-refractivity contribution in [2.75, 3.05) is 7.11 Å². The van der Waals surface area contributed by atoms with E-state index in [-0.39, 0.29) is 30.2 Å². The Hall–Kier alpha value is -1.30. The van der Waals surface area contributed by atoms with Gasteiger partial charge in [0.05, 0.1) is 19.1 Å². The van der Waals surface area contributed by atoms with Gasteiger partial charge in [-0.3, -0.25) is 4.79 Å². The lowest BCUT2D eigenvalue weighted by atomic mass is 9.86. The van der Waals surface area contributed by atoms with Crippen LogP contribution in [-0.4, -0.2) is 47.8 Å². The summed E-state index contributed by atoms with van der Waals surface area (Å²) in [5, 5.41) is 0. The highest BCUT2D eigenvalue weighted by Crippen LogP contribution is 2.40. The van der Waals surface area contributed by atoms with Crippen molar-refractivity contribution < 1.29 is 19.1 Å². The van der Waals surface area contributed by atoms with Gasteiger partial charge in [0.25, 0.3) is 0 Å². The molecule has 1 amide bonds. The van der Waals surface area contributed by atoms with Crippen molar-refractivity contribution in [1.82, 2.24) is 4.90 Å². The number of methoxy groups -OCH3 is 1. The molecule has 2 N–H and O–H groups in total. The summed E-state index contributed by atoms with van der Waals surface area (Å²) < 4.78 is 10.3. The van der Waals surface area contributed by atoms with Crippen LogP contribution >= 0.6 is 0 Å². The molecule has 0 spiro atoms. The topological polar surface area (TPSA) is 81.9 Å². The van der Waals surface area contributed by atoms with Crippen molar-refractivity contribution in [3.63, 3.8) is 0 Å². The van der Waals surface area contributed by atoms with Crippen molar-refractivity contribution in [3.8, 4) is 0 Å². The minimum absolute atomic E-state index is 0.0748. The smallest absolute Gasteiger partial charge is 0.410 e. The maximum absolute atomic E-state index is 12.3. The Morgan fingerprint density at radius 1 is 1.25 bits per heavy atom. The van der Waals surface area contributed by atoms with Crippen molar-refractivity contribution in [1.29, 1.82) is 0 Å². The molecule has 0 saturated carbocycles. The lowest BCUT2D eigenvalue weighted by molar-refractivity contribution is -0.150. The highest BCUT2D eigenvalue weighted by Gasteiger charge is 2.52. The standard InChI is InChI=1S/C14H24N2O4/c1-14(2,3)20-13(18)16-8-5-6-10(16)11(9(15)7-8)12(17)19-4/h8-11H,5-7,15H2,1-4H3. The van der Waals surface area contributed by atoms with Crippen LogP contribution in [0.3, 0.4) is 0 Å². The van der Waals surface area contributed by atoms with Gasteiger partial charge in [0.2, 0.25) is 0 Å². The van der Waals surface area contributed by atoms with Gasteiger partial charge in [-0.2, -0.15) is 0 Å². The number of piperidine rings is 1. The van der Waals surface area contributed by atoms with E-state index in [2.05, 4.69) is 0 Å². The second-order valence-electron chi connectivity index (χ2n) is 6.63. The first kappa shape index (κ1) is 15.1. The van der Waals surface area contributed by atoms with E-state index >= 15 is 0 Å². The molecule has 2 bridgehead atoms. The number of hydrogen-bond donors (Lipinski definition) is 1. The van der Waals surface area contributed by atoms with Gasteiger partial charge in [-0.05, 0) is 40.0 Å². The van der Waals surface area contributed by atoms with Crippen LogP contribution in [0.25, 0.3) is 0 Å². The van der Waals surface area contributed by atoms with Crippen LogP contribution < -0.4 is 5.73 Å². The van der Waals surface area contributed by atoms with E-state index in [0.29, 0.717) is 6.42 Å². The molecule has 6 heteroatoms. The van der Waals surface area contributed by atoms with Crippen LogP contribution in [0.4, 0.5) is 4.79 Å². The molecule has 0 radical (unpaired) electrons. The van der Waals surface area contributed by atoms with Crippen molar-refractivity contribution in [2.45, 2.75) is 63.8 Å². The highest BCUT2D eigenvalue weighted by atomic mass is 16.6. The molecule has 0 aliphatic carbocycles. The number of nitrogens with two attached hydrogens (primary N) is 1. The predicted molar refractivity (Wildman–Crippen MR) is 73.0 cm³/mol. The minimum Gasteiger partial charge on any atom is -0.469 e. The lowest BCUT2D eigenvalue weighted by Crippen LogP contribution is -2.59. The summed E-state index contributed by atoms with van der Waals surface area (Å²) in [7, 11) is 1.36. The SMILES string of the molecule is COC(=O)C1C(N)CC2CCC1N2C(=O)OC(C)(C)C. The predicted octanol–water partition coefficient (Wildman–Crippen LogP) is 1.27. The molecule has 2 saturated heterocycles. The Kier molecular flexibility index (Phi) is 3.95. The van der Waals surface area contributed by atoms with Crippen molar-refractivity contribution in [2.24, 2.45) is 11.7 Å². The van der Waals surface area contributed by atoms with Crippen molar-refractivity contribution >= 4 is 12.1 Å². The van der Waals surface area contributed by atoms with Gasteiger partial charge in [-0.15, -0.1) is 0 Å². The third kappa shape index (κ3) is 2.75. The van der Waals surface area contributed by atoms with Gasteiger partial charge in [0.1, 0.15) is 5.60 Å². The molecule has 2 aliphatic heterocycles. The van der Waals surface area contributed by atoms with Crippen molar-refractivity contribution in [3.05, 3.63) is 0 Å². The van der Waals surface area contributed by atoms with Gasteiger partial charge in [-0.1, -0.05) is 0 Å².